The maximum Gasteiger partial charge on any atom is 0.225 e. The summed E-state index contributed by atoms with van der Waals surface area (Å²) in [5.74, 6) is -0.684. The Balaban J connectivity index is 1.90. The summed E-state index contributed by atoms with van der Waals surface area (Å²) in [6, 6.07) is 0.827. The van der Waals surface area contributed by atoms with Gasteiger partial charge in [-0.1, -0.05) is 20.8 Å². The van der Waals surface area contributed by atoms with Crippen molar-refractivity contribution in [2.24, 2.45) is 11.3 Å². The van der Waals surface area contributed by atoms with Gasteiger partial charge >= 0.3 is 0 Å². The molecule has 2 fully saturated rings. The molecule has 2 aliphatic rings. The van der Waals surface area contributed by atoms with E-state index in [-0.39, 0.29) is 17.4 Å². The van der Waals surface area contributed by atoms with Crippen LogP contribution in [0.1, 0.15) is 40.0 Å². The Hall–Kier alpha value is -0.680. The molecule has 128 valence electrons. The highest BCUT2D eigenvalue weighted by Crippen LogP contribution is 2.32. The molecule has 2 rings (SSSR count). The van der Waals surface area contributed by atoms with Crippen LogP contribution >= 0.6 is 0 Å². The quantitative estimate of drug-likeness (QED) is 0.861. The van der Waals surface area contributed by atoms with Gasteiger partial charge in [0, 0.05) is 25.2 Å². The molecule has 0 aliphatic carbocycles. The second-order valence-corrected chi connectivity index (χ2v) is 7.90. The number of carbonyl (C=O) groups is 1. The van der Waals surface area contributed by atoms with E-state index in [1.807, 2.05) is 0 Å². The van der Waals surface area contributed by atoms with Gasteiger partial charge in [-0.25, -0.2) is 0 Å². The van der Waals surface area contributed by atoms with Gasteiger partial charge < -0.3 is 10.2 Å². The van der Waals surface area contributed by atoms with Gasteiger partial charge in [-0.3, -0.25) is 14.1 Å². The number of carbonyl (C=O) groups excluding carboxylic acids is 1. The molecule has 1 amide bonds. The Kier molecular flexibility index (Phi) is 5.83. The molecular weight excluding hydrogens is 281 g/mol. The summed E-state index contributed by atoms with van der Waals surface area (Å²) in [5, 5.41) is 3.08. The van der Waals surface area contributed by atoms with Crippen molar-refractivity contribution >= 4 is 5.91 Å². The number of piperidine rings is 2. The Morgan fingerprint density at radius 1 is 1.27 bits per heavy atom. The first-order chi connectivity index (χ1) is 10.3. The molecule has 5 heteroatoms. The zero-order chi connectivity index (χ0) is 16.3. The highest BCUT2D eigenvalue weighted by Gasteiger charge is 2.39. The van der Waals surface area contributed by atoms with E-state index in [0.717, 1.165) is 19.5 Å². The van der Waals surface area contributed by atoms with Gasteiger partial charge in [0.15, 0.2) is 0 Å². The van der Waals surface area contributed by atoms with Crippen LogP contribution in [-0.2, 0) is 4.79 Å². The Labute approximate surface area is 134 Å². The summed E-state index contributed by atoms with van der Waals surface area (Å²) >= 11 is 0. The van der Waals surface area contributed by atoms with E-state index in [0.29, 0.717) is 6.04 Å². The number of likely N-dealkylation sites (tertiary alicyclic amines) is 2. The second kappa shape index (κ2) is 7.26. The molecule has 2 unspecified atom stereocenters. The van der Waals surface area contributed by atoms with E-state index < -0.39 is 12.6 Å². The van der Waals surface area contributed by atoms with Crippen molar-refractivity contribution in [1.82, 2.24) is 15.1 Å². The zero-order valence-corrected chi connectivity index (χ0v) is 14.6. The van der Waals surface area contributed by atoms with E-state index in [1.165, 1.54) is 25.9 Å². The Morgan fingerprint density at radius 3 is 2.45 bits per heavy atom. The lowest BCUT2D eigenvalue weighted by Gasteiger charge is -2.48. The molecule has 1 N–H and O–H groups in total. The summed E-state index contributed by atoms with van der Waals surface area (Å²) < 4.78 is 12.6. The molecule has 0 aromatic carbocycles. The first kappa shape index (κ1) is 17.7. The molecule has 2 heterocycles. The molecule has 2 aliphatic heterocycles. The lowest BCUT2D eigenvalue weighted by molar-refractivity contribution is -0.127. The van der Waals surface area contributed by atoms with Crippen LogP contribution in [0, 0.1) is 11.3 Å². The van der Waals surface area contributed by atoms with Crippen LogP contribution < -0.4 is 5.32 Å². The predicted octanol–water partition coefficient (Wildman–Crippen LogP) is 1.90. The third-order valence-electron chi connectivity index (χ3n) is 5.46. The molecule has 0 aromatic rings. The fourth-order valence-electron chi connectivity index (χ4n) is 3.72. The van der Waals surface area contributed by atoms with Gasteiger partial charge in [0.05, 0.1) is 5.92 Å². The van der Waals surface area contributed by atoms with Crippen LogP contribution in [0.4, 0.5) is 4.39 Å². The largest absolute Gasteiger partial charge is 0.352 e. The van der Waals surface area contributed by atoms with Crippen LogP contribution in [0.3, 0.4) is 0 Å². The number of halogens is 1. The van der Waals surface area contributed by atoms with E-state index in [2.05, 4.69) is 36.0 Å². The van der Waals surface area contributed by atoms with Crippen LogP contribution in [0.25, 0.3) is 0 Å². The van der Waals surface area contributed by atoms with Crippen molar-refractivity contribution in [3.8, 4) is 0 Å². The number of rotatable bonds is 4. The van der Waals surface area contributed by atoms with Gasteiger partial charge in [-0.05, 0) is 44.8 Å². The maximum atomic E-state index is 12.6. The molecule has 4 nitrogen and oxygen atoms in total. The van der Waals surface area contributed by atoms with Crippen molar-refractivity contribution in [1.29, 1.82) is 0 Å². The lowest BCUT2D eigenvalue weighted by atomic mass is 9.78. The fraction of sp³-hybridized carbons (Fsp3) is 0.941. The summed E-state index contributed by atoms with van der Waals surface area (Å²) in [5.41, 5.74) is 0.0350. The summed E-state index contributed by atoms with van der Waals surface area (Å²) in [7, 11) is 2.19. The predicted molar refractivity (Wildman–Crippen MR) is 87.6 cm³/mol. The van der Waals surface area contributed by atoms with E-state index >= 15 is 0 Å². The summed E-state index contributed by atoms with van der Waals surface area (Å²) in [4.78, 5) is 17.0. The molecule has 0 aromatic heterocycles. The molecule has 0 spiro atoms. The zero-order valence-electron chi connectivity index (χ0n) is 14.6. The van der Waals surface area contributed by atoms with Crippen molar-refractivity contribution < 1.29 is 9.18 Å². The Morgan fingerprint density at radius 2 is 1.91 bits per heavy atom. The van der Waals surface area contributed by atoms with E-state index in [9.17, 15) is 9.18 Å². The van der Waals surface area contributed by atoms with Gasteiger partial charge in [0.25, 0.3) is 0 Å². The molecule has 0 radical (unpaired) electrons. The van der Waals surface area contributed by atoms with Crippen molar-refractivity contribution in [3.05, 3.63) is 0 Å². The average molecular weight is 313 g/mol. The minimum atomic E-state index is -0.583. The van der Waals surface area contributed by atoms with Crippen molar-refractivity contribution in [2.45, 2.75) is 52.1 Å². The molecule has 0 saturated carbocycles. The molecule has 2 atom stereocenters. The number of hydrogen-bond acceptors (Lipinski definition) is 3. The molecule has 22 heavy (non-hydrogen) atoms. The van der Waals surface area contributed by atoms with Gasteiger partial charge in [0.1, 0.15) is 6.67 Å². The first-order valence-electron chi connectivity index (χ1n) is 8.62. The van der Waals surface area contributed by atoms with Crippen LogP contribution in [0.15, 0.2) is 0 Å². The first-order valence-corrected chi connectivity index (χ1v) is 8.62. The molecule has 2 saturated heterocycles. The Bertz CT molecular complexity index is 380. The normalized spacial score (nSPS) is 29.2. The summed E-state index contributed by atoms with van der Waals surface area (Å²) in [6.07, 6.45) is 3.44. The van der Waals surface area contributed by atoms with E-state index in [4.69, 9.17) is 0 Å². The number of amides is 1. The van der Waals surface area contributed by atoms with Crippen LogP contribution in [-0.4, -0.2) is 67.7 Å². The standard InChI is InChI=1S/C17H32FN3O/c1-13(11-18)16(22)19-15-7-10-21(12-17(15,2)3)14-5-8-20(4)9-6-14/h13-15H,5-12H2,1-4H3,(H,19,22). The average Bonchev–Trinajstić information content (AvgIpc) is 2.48. The third kappa shape index (κ3) is 4.19. The number of nitrogens with one attached hydrogen (secondary N) is 1. The van der Waals surface area contributed by atoms with Gasteiger partial charge in [-0.2, -0.15) is 0 Å². The minimum absolute atomic E-state index is 0.0350. The maximum absolute atomic E-state index is 12.6. The number of alkyl halides is 1. The van der Waals surface area contributed by atoms with Crippen LogP contribution in [0.2, 0.25) is 0 Å². The van der Waals surface area contributed by atoms with Gasteiger partial charge in [0.2, 0.25) is 5.91 Å². The third-order valence-corrected chi connectivity index (χ3v) is 5.46. The lowest BCUT2D eigenvalue weighted by Crippen LogP contribution is -2.59. The van der Waals surface area contributed by atoms with Crippen molar-refractivity contribution in [2.75, 3.05) is 39.9 Å². The second-order valence-electron chi connectivity index (χ2n) is 7.90. The smallest absolute Gasteiger partial charge is 0.225 e. The topological polar surface area (TPSA) is 35.6 Å². The molecular formula is C17H32FN3O. The fourth-order valence-corrected chi connectivity index (χ4v) is 3.72. The van der Waals surface area contributed by atoms with Gasteiger partial charge in [-0.15, -0.1) is 0 Å². The minimum Gasteiger partial charge on any atom is -0.352 e. The number of nitrogens with zero attached hydrogens (tertiary/aromatic N) is 2. The molecule has 0 bridgehead atoms. The van der Waals surface area contributed by atoms with Crippen molar-refractivity contribution in [3.63, 3.8) is 0 Å². The van der Waals surface area contributed by atoms with Crippen LogP contribution in [0.5, 0.6) is 0 Å². The monoisotopic (exact) mass is 313 g/mol. The van der Waals surface area contributed by atoms with E-state index in [1.54, 1.807) is 6.92 Å². The highest BCUT2D eigenvalue weighted by atomic mass is 19.1. The summed E-state index contributed by atoms with van der Waals surface area (Å²) in [6.45, 7) is 9.91. The number of hydrogen-bond donors (Lipinski definition) is 1. The SMILES string of the molecule is CC(CF)C(=O)NC1CCN(C2CCN(C)CC2)CC1(C)C. The highest BCUT2D eigenvalue weighted by molar-refractivity contribution is 5.78.